The maximum absolute atomic E-state index is 13.8. The molecule has 23 heavy (non-hydrogen) atoms. The highest BCUT2D eigenvalue weighted by Crippen LogP contribution is 2.18. The second kappa shape index (κ2) is 7.59. The summed E-state index contributed by atoms with van der Waals surface area (Å²) in [5, 5.41) is 0. The number of halogens is 2. The number of aryl methyl sites for hydroxylation is 2. The monoisotopic (exact) mass is 379 g/mol. The molecule has 2 rings (SSSR count). The summed E-state index contributed by atoms with van der Waals surface area (Å²) >= 11 is 3.18. The van der Waals surface area contributed by atoms with Crippen LogP contribution in [0, 0.1) is 19.7 Å². The molecule has 2 aromatic rings. The van der Waals surface area contributed by atoms with E-state index in [2.05, 4.69) is 22.0 Å². The van der Waals surface area contributed by atoms with Gasteiger partial charge in [0.05, 0.1) is 12.1 Å². The molecular weight excluding hydrogens is 361 g/mol. The van der Waals surface area contributed by atoms with Crippen molar-refractivity contribution in [3.05, 3.63) is 63.4 Å². The Hall–Kier alpha value is -1.88. The average molecular weight is 380 g/mol. The number of benzene rings is 2. The topological polar surface area (TPSA) is 29.5 Å². The first-order valence-electron chi connectivity index (χ1n) is 7.28. The van der Waals surface area contributed by atoms with Gasteiger partial charge in [-0.3, -0.25) is 4.79 Å². The van der Waals surface area contributed by atoms with E-state index >= 15 is 0 Å². The maximum atomic E-state index is 13.8. The summed E-state index contributed by atoms with van der Waals surface area (Å²) in [7, 11) is 1.63. The van der Waals surface area contributed by atoms with Crippen LogP contribution >= 0.6 is 15.9 Å². The molecule has 0 N–H and O–H groups in total. The average Bonchev–Trinajstić information content (AvgIpc) is 2.45. The molecule has 0 aliphatic carbocycles. The van der Waals surface area contributed by atoms with Crippen LogP contribution in [0.1, 0.15) is 21.5 Å². The zero-order valence-corrected chi connectivity index (χ0v) is 15.0. The van der Waals surface area contributed by atoms with Crippen LogP contribution in [0.15, 0.2) is 40.9 Å². The standard InChI is InChI=1S/C18H19BrFNO2/c1-12-8-13(2)10-15(9-12)23-7-6-21(3)18(22)16-5-4-14(19)11-17(16)20/h4-5,8-11H,6-7H2,1-3H3. The van der Waals surface area contributed by atoms with E-state index in [1.807, 2.05) is 26.0 Å². The van der Waals surface area contributed by atoms with Crippen molar-refractivity contribution in [1.82, 2.24) is 4.90 Å². The predicted molar refractivity (Wildman–Crippen MR) is 92.5 cm³/mol. The third-order valence-electron chi connectivity index (χ3n) is 3.40. The minimum atomic E-state index is -0.536. The van der Waals surface area contributed by atoms with Gasteiger partial charge in [0.2, 0.25) is 0 Å². The van der Waals surface area contributed by atoms with Gasteiger partial charge < -0.3 is 9.64 Å². The summed E-state index contributed by atoms with van der Waals surface area (Å²) in [6, 6.07) is 10.4. The van der Waals surface area contributed by atoms with Crippen LogP contribution in [-0.4, -0.2) is 31.0 Å². The van der Waals surface area contributed by atoms with Crippen LogP contribution in [0.3, 0.4) is 0 Å². The van der Waals surface area contributed by atoms with Crippen molar-refractivity contribution in [3.63, 3.8) is 0 Å². The largest absolute Gasteiger partial charge is 0.492 e. The number of carbonyl (C=O) groups is 1. The van der Waals surface area contributed by atoms with Crippen LogP contribution in [0.25, 0.3) is 0 Å². The van der Waals surface area contributed by atoms with Crippen molar-refractivity contribution in [3.8, 4) is 5.75 Å². The van der Waals surface area contributed by atoms with Gasteiger partial charge in [-0.05, 0) is 55.3 Å². The molecule has 2 aromatic carbocycles. The number of amides is 1. The number of hydrogen-bond donors (Lipinski definition) is 0. The fraction of sp³-hybridized carbons (Fsp3) is 0.278. The van der Waals surface area contributed by atoms with Gasteiger partial charge in [0.15, 0.2) is 0 Å². The lowest BCUT2D eigenvalue weighted by molar-refractivity contribution is 0.0769. The zero-order valence-electron chi connectivity index (χ0n) is 13.4. The summed E-state index contributed by atoms with van der Waals surface area (Å²) in [6.45, 7) is 4.74. The summed E-state index contributed by atoms with van der Waals surface area (Å²) < 4.78 is 20.1. The normalized spacial score (nSPS) is 10.5. The van der Waals surface area contributed by atoms with Crippen LogP contribution in [0.4, 0.5) is 4.39 Å². The third-order valence-corrected chi connectivity index (χ3v) is 3.89. The van der Waals surface area contributed by atoms with Crippen molar-refractivity contribution in [2.24, 2.45) is 0 Å². The molecule has 0 heterocycles. The molecule has 122 valence electrons. The highest BCUT2D eigenvalue weighted by molar-refractivity contribution is 9.10. The van der Waals surface area contributed by atoms with Gasteiger partial charge in [-0.25, -0.2) is 4.39 Å². The molecule has 0 radical (unpaired) electrons. The number of ether oxygens (including phenoxy) is 1. The van der Waals surface area contributed by atoms with Crippen LogP contribution in [-0.2, 0) is 0 Å². The minimum Gasteiger partial charge on any atom is -0.492 e. The van der Waals surface area contributed by atoms with E-state index in [0.29, 0.717) is 17.6 Å². The summed E-state index contributed by atoms with van der Waals surface area (Å²) in [5.74, 6) is -0.122. The highest BCUT2D eigenvalue weighted by atomic mass is 79.9. The molecule has 0 aliphatic rings. The molecule has 3 nitrogen and oxygen atoms in total. The van der Waals surface area contributed by atoms with Crippen molar-refractivity contribution < 1.29 is 13.9 Å². The number of rotatable bonds is 5. The molecule has 0 fully saturated rings. The number of carbonyl (C=O) groups excluding carboxylic acids is 1. The van der Waals surface area contributed by atoms with Gasteiger partial charge in [-0.1, -0.05) is 22.0 Å². The van der Waals surface area contributed by atoms with E-state index in [1.54, 1.807) is 13.1 Å². The molecule has 1 amide bonds. The van der Waals surface area contributed by atoms with Crippen molar-refractivity contribution in [1.29, 1.82) is 0 Å². The number of nitrogens with zero attached hydrogens (tertiary/aromatic N) is 1. The molecule has 0 saturated carbocycles. The lowest BCUT2D eigenvalue weighted by atomic mass is 10.1. The molecule has 0 spiro atoms. The Balaban J connectivity index is 1.93. The summed E-state index contributed by atoms with van der Waals surface area (Å²) in [6.07, 6.45) is 0. The Labute approximate surface area is 144 Å². The van der Waals surface area contributed by atoms with E-state index in [1.165, 1.54) is 17.0 Å². The minimum absolute atomic E-state index is 0.0575. The highest BCUT2D eigenvalue weighted by Gasteiger charge is 2.16. The Morgan fingerprint density at radius 1 is 1.17 bits per heavy atom. The Morgan fingerprint density at radius 3 is 2.43 bits per heavy atom. The maximum Gasteiger partial charge on any atom is 0.256 e. The molecule has 0 bridgehead atoms. The second-order valence-electron chi connectivity index (χ2n) is 5.52. The Bertz CT molecular complexity index is 698. The summed E-state index contributed by atoms with van der Waals surface area (Å²) in [5.41, 5.74) is 2.31. The number of likely N-dealkylation sites (N-methyl/N-ethyl adjacent to an activating group) is 1. The number of hydrogen-bond acceptors (Lipinski definition) is 2. The molecule has 0 atom stereocenters. The van der Waals surface area contributed by atoms with E-state index < -0.39 is 5.82 Å². The van der Waals surface area contributed by atoms with Crippen LogP contribution in [0.5, 0.6) is 5.75 Å². The lowest BCUT2D eigenvalue weighted by Gasteiger charge is -2.18. The smallest absolute Gasteiger partial charge is 0.256 e. The van der Waals surface area contributed by atoms with Crippen molar-refractivity contribution >= 4 is 21.8 Å². The van der Waals surface area contributed by atoms with Crippen molar-refractivity contribution in [2.45, 2.75) is 13.8 Å². The zero-order chi connectivity index (χ0) is 17.0. The first-order valence-corrected chi connectivity index (χ1v) is 8.08. The van der Waals surface area contributed by atoms with Gasteiger partial charge in [-0.15, -0.1) is 0 Å². The van der Waals surface area contributed by atoms with Crippen molar-refractivity contribution in [2.75, 3.05) is 20.2 Å². The van der Waals surface area contributed by atoms with Gasteiger partial charge >= 0.3 is 0 Å². The Kier molecular flexibility index (Phi) is 5.77. The van der Waals surface area contributed by atoms with Gasteiger partial charge in [0.1, 0.15) is 18.2 Å². The molecule has 0 unspecified atom stereocenters. The fourth-order valence-corrected chi connectivity index (χ4v) is 2.62. The van der Waals surface area contributed by atoms with Gasteiger partial charge in [0, 0.05) is 11.5 Å². The van der Waals surface area contributed by atoms with Gasteiger partial charge in [-0.2, -0.15) is 0 Å². The second-order valence-corrected chi connectivity index (χ2v) is 6.44. The molecule has 0 saturated heterocycles. The predicted octanol–water partition coefficient (Wildman–Crippen LogP) is 4.36. The lowest BCUT2D eigenvalue weighted by Crippen LogP contribution is -2.31. The van der Waals surface area contributed by atoms with E-state index in [-0.39, 0.29) is 11.5 Å². The fourth-order valence-electron chi connectivity index (χ4n) is 2.29. The van der Waals surface area contributed by atoms with E-state index in [9.17, 15) is 9.18 Å². The SMILES string of the molecule is Cc1cc(C)cc(OCCN(C)C(=O)c2ccc(Br)cc2F)c1. The Morgan fingerprint density at radius 2 is 1.83 bits per heavy atom. The first-order chi connectivity index (χ1) is 10.9. The molecular formula is C18H19BrFNO2. The molecule has 5 heteroatoms. The quantitative estimate of drug-likeness (QED) is 0.772. The summed E-state index contributed by atoms with van der Waals surface area (Å²) in [4.78, 5) is 13.7. The molecule has 0 aromatic heterocycles. The van der Waals surface area contributed by atoms with Crippen LogP contribution < -0.4 is 4.74 Å². The molecule has 0 aliphatic heterocycles. The van der Waals surface area contributed by atoms with E-state index in [0.717, 1.165) is 16.9 Å². The third kappa shape index (κ3) is 4.79. The van der Waals surface area contributed by atoms with E-state index in [4.69, 9.17) is 4.74 Å². The van der Waals surface area contributed by atoms with Gasteiger partial charge in [0.25, 0.3) is 5.91 Å². The van der Waals surface area contributed by atoms with Crippen LogP contribution in [0.2, 0.25) is 0 Å². The first kappa shape index (κ1) is 17.5.